The Labute approximate surface area is 158 Å². The maximum Gasteiger partial charge on any atom is 0.225 e. The molecule has 2 N–H and O–H groups in total. The molecule has 1 aliphatic carbocycles. The highest BCUT2D eigenvalue weighted by molar-refractivity contribution is 5.78. The summed E-state index contributed by atoms with van der Waals surface area (Å²) in [7, 11) is 1.97. The van der Waals surface area contributed by atoms with E-state index < -0.39 is 0 Å². The molecule has 1 aromatic rings. The molecular weight excluding hydrogens is 322 g/mol. The predicted octanol–water partition coefficient (Wildman–Crippen LogP) is 3.97. The number of amides is 1. The van der Waals surface area contributed by atoms with Gasteiger partial charge in [-0.2, -0.15) is 0 Å². The van der Waals surface area contributed by atoms with Gasteiger partial charge in [-0.05, 0) is 44.1 Å². The minimum absolute atomic E-state index is 0.216. The zero-order chi connectivity index (χ0) is 18.2. The Morgan fingerprint density at radius 3 is 2.73 bits per heavy atom. The first kappa shape index (κ1) is 19.1. The second-order valence-electron chi connectivity index (χ2n) is 7.78. The molecule has 0 bridgehead atoms. The molecular formula is C22H33N3O. The van der Waals surface area contributed by atoms with Crippen LogP contribution in [0.2, 0.25) is 0 Å². The number of allylic oxidation sites excluding steroid dienone is 2. The Morgan fingerprint density at radius 2 is 1.96 bits per heavy atom. The van der Waals surface area contributed by atoms with Crippen molar-refractivity contribution in [3.63, 3.8) is 0 Å². The zero-order valence-corrected chi connectivity index (χ0v) is 16.0. The van der Waals surface area contributed by atoms with E-state index in [1.54, 1.807) is 0 Å². The van der Waals surface area contributed by atoms with Crippen LogP contribution in [-0.2, 0) is 4.79 Å². The van der Waals surface area contributed by atoms with Crippen molar-refractivity contribution in [2.45, 2.75) is 63.5 Å². The van der Waals surface area contributed by atoms with Crippen molar-refractivity contribution in [1.82, 2.24) is 15.8 Å². The average molecular weight is 356 g/mol. The Balaban J connectivity index is 1.28. The predicted molar refractivity (Wildman–Crippen MR) is 106 cm³/mol. The first-order valence-corrected chi connectivity index (χ1v) is 10.2. The van der Waals surface area contributed by atoms with Crippen molar-refractivity contribution in [2.75, 3.05) is 13.6 Å². The molecule has 4 nitrogen and oxygen atoms in total. The number of rotatable bonds is 8. The van der Waals surface area contributed by atoms with E-state index in [0.29, 0.717) is 18.0 Å². The normalized spacial score (nSPS) is 25.3. The molecule has 1 fully saturated rings. The fourth-order valence-corrected chi connectivity index (χ4v) is 4.07. The molecule has 1 heterocycles. The number of nitrogens with one attached hydrogen (secondary N) is 2. The monoisotopic (exact) mass is 355 g/mol. The van der Waals surface area contributed by atoms with Crippen LogP contribution >= 0.6 is 0 Å². The minimum atomic E-state index is 0.216. The zero-order valence-electron chi connectivity index (χ0n) is 16.0. The van der Waals surface area contributed by atoms with E-state index in [-0.39, 0.29) is 5.92 Å². The number of nitrogens with zero attached hydrogens (tertiary/aromatic N) is 1. The van der Waals surface area contributed by atoms with Gasteiger partial charge in [0, 0.05) is 31.6 Å². The van der Waals surface area contributed by atoms with Gasteiger partial charge in [0.2, 0.25) is 5.91 Å². The first-order valence-electron chi connectivity index (χ1n) is 10.2. The number of hydrazine groups is 1. The number of carbonyl (C=O) groups excluding carboxylic acids is 1. The lowest BCUT2D eigenvalue weighted by Crippen LogP contribution is -2.34. The molecule has 0 aromatic heterocycles. The van der Waals surface area contributed by atoms with Crippen molar-refractivity contribution in [1.29, 1.82) is 0 Å². The number of hydrogen-bond acceptors (Lipinski definition) is 3. The lowest BCUT2D eigenvalue weighted by molar-refractivity contribution is -0.134. The Hall–Kier alpha value is -1.65. The van der Waals surface area contributed by atoms with Gasteiger partial charge in [0.1, 0.15) is 0 Å². The molecule has 1 aliphatic heterocycles. The maximum atomic E-state index is 12.4. The number of carbonyl (C=O) groups is 1. The molecule has 26 heavy (non-hydrogen) atoms. The summed E-state index contributed by atoms with van der Waals surface area (Å²) in [4.78, 5) is 14.4. The molecule has 3 atom stereocenters. The molecule has 3 rings (SSSR count). The maximum absolute atomic E-state index is 12.4. The number of unbranched alkanes of at least 4 members (excludes halogenated alkanes) is 2. The van der Waals surface area contributed by atoms with E-state index in [0.717, 1.165) is 38.6 Å². The van der Waals surface area contributed by atoms with E-state index in [1.165, 1.54) is 24.8 Å². The van der Waals surface area contributed by atoms with Crippen LogP contribution in [0.4, 0.5) is 0 Å². The second kappa shape index (κ2) is 9.89. The van der Waals surface area contributed by atoms with E-state index in [2.05, 4.69) is 53.3 Å². The second-order valence-corrected chi connectivity index (χ2v) is 7.78. The van der Waals surface area contributed by atoms with Gasteiger partial charge in [0.05, 0.1) is 0 Å². The summed E-state index contributed by atoms with van der Waals surface area (Å²) in [5.74, 6) is 0.551. The SMILES string of the molecule is CN(CCCCCC1CC(c2ccccc2)NN1)C(=O)C1CC=CCC1. The van der Waals surface area contributed by atoms with Crippen molar-refractivity contribution in [3.05, 3.63) is 48.0 Å². The molecule has 1 aromatic carbocycles. The Morgan fingerprint density at radius 1 is 1.12 bits per heavy atom. The summed E-state index contributed by atoms with van der Waals surface area (Å²) in [6.07, 6.45) is 13.2. The highest BCUT2D eigenvalue weighted by Crippen LogP contribution is 2.24. The van der Waals surface area contributed by atoms with E-state index in [1.807, 2.05) is 11.9 Å². The van der Waals surface area contributed by atoms with Crippen LogP contribution in [-0.4, -0.2) is 30.4 Å². The molecule has 1 saturated heterocycles. The summed E-state index contributed by atoms with van der Waals surface area (Å²) >= 11 is 0. The van der Waals surface area contributed by atoms with Crippen LogP contribution in [0.15, 0.2) is 42.5 Å². The molecule has 1 amide bonds. The van der Waals surface area contributed by atoms with Crippen molar-refractivity contribution >= 4 is 5.91 Å². The Kier molecular flexibility index (Phi) is 7.27. The molecule has 142 valence electrons. The van der Waals surface area contributed by atoms with Gasteiger partial charge < -0.3 is 4.90 Å². The van der Waals surface area contributed by atoms with E-state index >= 15 is 0 Å². The molecule has 2 aliphatic rings. The third kappa shape index (κ3) is 5.42. The van der Waals surface area contributed by atoms with Gasteiger partial charge >= 0.3 is 0 Å². The van der Waals surface area contributed by atoms with Crippen LogP contribution in [0.1, 0.15) is 63.0 Å². The van der Waals surface area contributed by atoms with Gasteiger partial charge in [0.25, 0.3) is 0 Å². The minimum Gasteiger partial charge on any atom is -0.346 e. The summed E-state index contributed by atoms with van der Waals surface area (Å²) in [6.45, 7) is 0.891. The molecule has 0 radical (unpaired) electrons. The van der Waals surface area contributed by atoms with Crippen LogP contribution in [0.25, 0.3) is 0 Å². The highest BCUT2D eigenvalue weighted by Gasteiger charge is 2.24. The highest BCUT2D eigenvalue weighted by atomic mass is 16.2. The number of benzene rings is 1. The van der Waals surface area contributed by atoms with Gasteiger partial charge in [-0.15, -0.1) is 0 Å². The van der Waals surface area contributed by atoms with Crippen LogP contribution in [0, 0.1) is 5.92 Å². The first-order chi connectivity index (χ1) is 12.7. The molecule has 3 unspecified atom stereocenters. The van der Waals surface area contributed by atoms with Crippen LogP contribution in [0.3, 0.4) is 0 Å². The van der Waals surface area contributed by atoms with Gasteiger partial charge in [-0.25, -0.2) is 0 Å². The van der Waals surface area contributed by atoms with Crippen LogP contribution < -0.4 is 10.9 Å². The summed E-state index contributed by atoms with van der Waals surface area (Å²) in [6, 6.07) is 11.6. The topological polar surface area (TPSA) is 44.4 Å². The van der Waals surface area contributed by atoms with E-state index in [9.17, 15) is 4.79 Å². The van der Waals surface area contributed by atoms with Crippen molar-refractivity contribution in [2.24, 2.45) is 5.92 Å². The van der Waals surface area contributed by atoms with Crippen molar-refractivity contribution < 1.29 is 4.79 Å². The molecule has 0 saturated carbocycles. The van der Waals surface area contributed by atoms with Crippen molar-refractivity contribution in [3.8, 4) is 0 Å². The fourth-order valence-electron chi connectivity index (χ4n) is 4.07. The molecule has 4 heteroatoms. The summed E-state index contributed by atoms with van der Waals surface area (Å²) in [5.41, 5.74) is 8.23. The quantitative estimate of drug-likeness (QED) is 0.548. The largest absolute Gasteiger partial charge is 0.346 e. The lowest BCUT2D eigenvalue weighted by Gasteiger charge is -2.24. The fraction of sp³-hybridized carbons (Fsp3) is 0.591. The molecule has 0 spiro atoms. The third-order valence-electron chi connectivity index (χ3n) is 5.72. The lowest BCUT2D eigenvalue weighted by atomic mass is 9.93. The number of hydrogen-bond donors (Lipinski definition) is 2. The van der Waals surface area contributed by atoms with Gasteiger partial charge in [-0.1, -0.05) is 55.3 Å². The summed E-state index contributed by atoms with van der Waals surface area (Å²) < 4.78 is 0. The van der Waals surface area contributed by atoms with Gasteiger partial charge in [0.15, 0.2) is 0 Å². The third-order valence-corrected chi connectivity index (χ3v) is 5.72. The van der Waals surface area contributed by atoms with Crippen LogP contribution in [0.5, 0.6) is 0 Å². The summed E-state index contributed by atoms with van der Waals surface area (Å²) in [5, 5.41) is 0. The Bertz CT molecular complexity index is 586. The average Bonchev–Trinajstić information content (AvgIpc) is 3.17. The van der Waals surface area contributed by atoms with E-state index in [4.69, 9.17) is 0 Å². The van der Waals surface area contributed by atoms with Gasteiger partial charge in [-0.3, -0.25) is 15.6 Å². The standard InChI is InChI=1S/C22H33N3O/c1-25(22(26)19-13-7-3-8-14-19)16-10-4-9-15-20-17-21(24-23-20)18-11-5-2-6-12-18/h2-3,5-7,11-12,19-21,23-24H,4,8-10,13-17H2,1H3. The smallest absolute Gasteiger partial charge is 0.225 e.